The van der Waals surface area contributed by atoms with Crippen molar-refractivity contribution in [3.05, 3.63) is 0 Å². The van der Waals surface area contributed by atoms with Gasteiger partial charge in [-0.05, 0) is 107 Å². The lowest BCUT2D eigenvalue weighted by atomic mass is 9.73. The largest absolute Gasteiger partial charge is 0.459 e. The number of carbonyl (C=O) groups excluding carboxylic acids is 3. The van der Waals surface area contributed by atoms with Crippen molar-refractivity contribution in [2.45, 2.75) is 244 Å². The number of ether oxygens (including phenoxy) is 8. The summed E-state index contributed by atoms with van der Waals surface area (Å²) in [5.74, 6) is -4.04. The van der Waals surface area contributed by atoms with Gasteiger partial charge in [0, 0.05) is 51.3 Å². The molecule has 4 heterocycles. The fourth-order valence-corrected chi connectivity index (χ4v) is 12.2. The third-order valence-electron chi connectivity index (χ3n) is 16.4. The Bertz CT molecular complexity index is 1760. The Kier molecular flexibility index (Phi) is 22.0. The second-order valence-electron chi connectivity index (χ2n) is 22.8. The summed E-state index contributed by atoms with van der Waals surface area (Å²) in [6, 6.07) is -0.370. The number of cyclic esters (lactones) is 1. The molecular weight excluding hydrogens is 933 g/mol. The molecule has 19 heteroatoms. The Morgan fingerprint density at radius 2 is 1.56 bits per heavy atom. The highest BCUT2D eigenvalue weighted by atomic mass is 16.7. The van der Waals surface area contributed by atoms with Crippen LogP contribution in [0.2, 0.25) is 0 Å². The molecule has 1 saturated carbocycles. The number of methoxy groups -OCH3 is 1. The number of aliphatic hydroxyl groups is 3. The minimum Gasteiger partial charge on any atom is -0.459 e. The molecule has 0 aromatic carbocycles. The average Bonchev–Trinajstić information content (AvgIpc) is 3.83. The molecule has 18 atom stereocenters. The Hall–Kier alpha value is -2.72. The van der Waals surface area contributed by atoms with Gasteiger partial charge in [0.1, 0.15) is 23.9 Å². The first-order valence-electron chi connectivity index (χ1n) is 27.1. The number of oxime groups is 1. The van der Waals surface area contributed by atoms with E-state index >= 15 is 0 Å². The molecule has 0 bridgehead atoms. The SMILES string of the molecule is CC[C@@H]1OC(=O)[C@H](C)[C@@H](O[C@H]2C[C@@](C)(OC)[C@@H](OC(C)=O)[C@H](C)O2)[C@H](C)[C@@H](O[C@@H]2O[C@H](C)C[C@H](N(C)C)[C@H]2OC(=O)NN2CCCC2)C(C)(O)C[C@@H](C)/C(=N\OCCCC2CCCCC2)[C@@H](C)[C@@H](O)[C@]1(C)O. The summed E-state index contributed by atoms with van der Waals surface area (Å²) < 4.78 is 51.3. The molecule has 72 heavy (non-hydrogen) atoms. The van der Waals surface area contributed by atoms with Gasteiger partial charge in [0.25, 0.3) is 0 Å². The quantitative estimate of drug-likeness (QED) is 0.0614. The van der Waals surface area contributed by atoms with Crippen molar-refractivity contribution in [2.75, 3.05) is 40.9 Å². The maximum Gasteiger partial charge on any atom is 0.422 e. The topological polar surface area (TPSA) is 226 Å². The number of hydrazine groups is 1. The molecule has 1 unspecified atom stereocenters. The first-order chi connectivity index (χ1) is 33.8. The van der Waals surface area contributed by atoms with Crippen molar-refractivity contribution in [2.24, 2.45) is 34.7 Å². The van der Waals surface area contributed by atoms with E-state index in [-0.39, 0.29) is 31.4 Å². The highest BCUT2D eigenvalue weighted by Crippen LogP contribution is 2.42. The first kappa shape index (κ1) is 60.1. The third kappa shape index (κ3) is 15.2. The molecule has 0 aromatic heterocycles. The number of carbonyl (C=O) groups is 3. The average molecular weight is 1030 g/mol. The highest BCUT2D eigenvalue weighted by Gasteiger charge is 2.55. The van der Waals surface area contributed by atoms with Crippen molar-refractivity contribution in [1.82, 2.24) is 15.3 Å². The summed E-state index contributed by atoms with van der Waals surface area (Å²) >= 11 is 0. The van der Waals surface area contributed by atoms with Crippen LogP contribution in [-0.2, 0) is 52.3 Å². The summed E-state index contributed by atoms with van der Waals surface area (Å²) in [6.07, 6.45) is -0.264. The third-order valence-corrected chi connectivity index (χ3v) is 16.4. The van der Waals surface area contributed by atoms with Crippen LogP contribution in [0.15, 0.2) is 5.16 Å². The number of rotatable bonds is 15. The minimum absolute atomic E-state index is 0.0165. The molecule has 5 fully saturated rings. The molecule has 5 rings (SSSR count). The summed E-state index contributed by atoms with van der Waals surface area (Å²) in [4.78, 5) is 48.8. The Morgan fingerprint density at radius 3 is 2.17 bits per heavy atom. The molecule has 4 saturated heterocycles. The lowest BCUT2D eigenvalue weighted by molar-refractivity contribution is -0.318. The summed E-state index contributed by atoms with van der Waals surface area (Å²) in [5, 5.41) is 44.2. The van der Waals surface area contributed by atoms with Crippen LogP contribution in [0.3, 0.4) is 0 Å². The van der Waals surface area contributed by atoms with Gasteiger partial charge in [-0.25, -0.2) is 9.80 Å². The van der Waals surface area contributed by atoms with Gasteiger partial charge in [0.15, 0.2) is 24.8 Å². The van der Waals surface area contributed by atoms with Crippen LogP contribution in [0, 0.1) is 29.6 Å². The molecule has 416 valence electrons. The van der Waals surface area contributed by atoms with E-state index in [0.717, 1.165) is 25.7 Å². The normalized spacial score (nSPS) is 41.9. The maximum absolute atomic E-state index is 14.8. The Morgan fingerprint density at radius 1 is 0.889 bits per heavy atom. The number of hydrogen-bond donors (Lipinski definition) is 4. The number of likely N-dealkylation sites (N-methyl/N-ethyl adjacent to an activating group) is 1. The molecule has 1 amide bonds. The number of hydrogen-bond acceptors (Lipinski definition) is 18. The molecule has 1 aliphatic carbocycles. The lowest BCUT2D eigenvalue weighted by Gasteiger charge is -2.49. The second-order valence-corrected chi connectivity index (χ2v) is 22.8. The van der Waals surface area contributed by atoms with Gasteiger partial charge in [0.2, 0.25) is 0 Å². The number of nitrogens with one attached hydrogen (secondary N) is 1. The van der Waals surface area contributed by atoms with Crippen molar-refractivity contribution in [3.63, 3.8) is 0 Å². The van der Waals surface area contributed by atoms with Crippen molar-refractivity contribution in [1.29, 1.82) is 0 Å². The van der Waals surface area contributed by atoms with Gasteiger partial charge in [0.05, 0.1) is 53.8 Å². The lowest BCUT2D eigenvalue weighted by Crippen LogP contribution is -2.62. The number of nitrogens with zero attached hydrogens (tertiary/aromatic N) is 3. The van der Waals surface area contributed by atoms with E-state index in [0.29, 0.717) is 37.7 Å². The molecule has 4 N–H and O–H groups in total. The van der Waals surface area contributed by atoms with E-state index in [2.05, 4.69) is 5.43 Å². The molecule has 4 aliphatic heterocycles. The number of esters is 2. The summed E-state index contributed by atoms with van der Waals surface area (Å²) in [5.41, 5.74) is -1.59. The Balaban J connectivity index is 1.61. The fraction of sp³-hybridized carbons (Fsp3) is 0.925. The van der Waals surface area contributed by atoms with Gasteiger partial charge in [-0.2, -0.15) is 0 Å². The van der Waals surface area contributed by atoms with Crippen LogP contribution in [0.1, 0.15) is 160 Å². The van der Waals surface area contributed by atoms with Gasteiger partial charge in [-0.1, -0.05) is 65.0 Å². The molecule has 0 radical (unpaired) electrons. The van der Waals surface area contributed by atoms with E-state index in [1.807, 2.05) is 44.8 Å². The van der Waals surface area contributed by atoms with Crippen LogP contribution in [0.4, 0.5) is 4.79 Å². The van der Waals surface area contributed by atoms with E-state index < -0.39 is 114 Å². The maximum atomic E-state index is 14.8. The van der Waals surface area contributed by atoms with Crippen LogP contribution in [0.5, 0.6) is 0 Å². The monoisotopic (exact) mass is 1030 g/mol. The molecule has 0 aromatic rings. The van der Waals surface area contributed by atoms with Gasteiger partial charge in [-0.3, -0.25) is 15.0 Å². The van der Waals surface area contributed by atoms with Crippen molar-refractivity contribution >= 4 is 23.7 Å². The zero-order chi connectivity index (χ0) is 53.3. The summed E-state index contributed by atoms with van der Waals surface area (Å²) in [7, 11) is 5.31. The number of aliphatic hydroxyl groups excluding tert-OH is 1. The zero-order valence-electron chi connectivity index (χ0n) is 46.1. The second kappa shape index (κ2) is 26.4. The number of amides is 1. The smallest absolute Gasteiger partial charge is 0.422 e. The van der Waals surface area contributed by atoms with Gasteiger partial charge < -0.3 is 63.0 Å². The van der Waals surface area contributed by atoms with E-state index in [1.54, 1.807) is 41.5 Å². The van der Waals surface area contributed by atoms with E-state index in [4.69, 9.17) is 47.9 Å². The van der Waals surface area contributed by atoms with Crippen LogP contribution in [-0.4, -0.2) is 174 Å². The first-order valence-corrected chi connectivity index (χ1v) is 27.1. The van der Waals surface area contributed by atoms with Crippen LogP contribution in [0.25, 0.3) is 0 Å². The predicted octanol–water partition coefficient (Wildman–Crippen LogP) is 6.27. The fourth-order valence-electron chi connectivity index (χ4n) is 12.2. The standard InChI is InChI=1S/C53H94N4O15/c1-15-40-53(11,63)45(59)33(4)42(55-65-27-21-24-38-22-17-16-18-23-38)31(2)29-51(9,62)46(72-49-44(39(56(12)13)28-32(3)66-49)71-50(61)54-57-25-19-20-26-57)34(5)43(35(6)48(60)69-40)70-41-30-52(10,64-14)47(36(7)67-41)68-37(8)58/h31-36,38-41,43-47,49,59,62-63H,15-30H2,1-14H3,(H,54,61)/b55-42+/t31-,32-,33-,34+,35-,36+,39+,40+,41+,43+,44-,45-,46-,47+,49+,51?,52-,53-/m1/s1. The molecule has 19 nitrogen and oxygen atoms in total. The van der Waals surface area contributed by atoms with Crippen LogP contribution >= 0.6 is 0 Å². The van der Waals surface area contributed by atoms with E-state index in [9.17, 15) is 29.7 Å². The summed E-state index contributed by atoms with van der Waals surface area (Å²) in [6.45, 7) is 20.4. The predicted molar refractivity (Wildman–Crippen MR) is 268 cm³/mol. The molecular formula is C53H94N4O15. The van der Waals surface area contributed by atoms with Gasteiger partial charge in [-0.15, -0.1) is 0 Å². The molecule has 5 aliphatic rings. The van der Waals surface area contributed by atoms with Crippen LogP contribution < -0.4 is 5.43 Å². The van der Waals surface area contributed by atoms with E-state index in [1.165, 1.54) is 53.1 Å². The Labute approximate surface area is 429 Å². The highest BCUT2D eigenvalue weighted by molar-refractivity contribution is 5.88. The zero-order valence-corrected chi connectivity index (χ0v) is 46.1. The van der Waals surface area contributed by atoms with Gasteiger partial charge >= 0.3 is 18.0 Å². The molecule has 0 spiro atoms. The van der Waals surface area contributed by atoms with Crippen molar-refractivity contribution < 1.29 is 72.4 Å². The minimum atomic E-state index is -1.97. The van der Waals surface area contributed by atoms with Crippen molar-refractivity contribution in [3.8, 4) is 0 Å².